The molecule has 1 heterocycles. The van der Waals surface area contributed by atoms with Crippen LogP contribution in [0.15, 0.2) is 30.3 Å². The predicted octanol–water partition coefficient (Wildman–Crippen LogP) is 2.86. The Morgan fingerprint density at radius 3 is 2.41 bits per heavy atom. The summed E-state index contributed by atoms with van der Waals surface area (Å²) in [7, 11) is 0. The number of nitrogens with zero attached hydrogens (tertiary/aromatic N) is 2. The summed E-state index contributed by atoms with van der Waals surface area (Å²) in [6.45, 7) is 8.50. The molecular formula is C17H23N3O2. The Morgan fingerprint density at radius 2 is 1.91 bits per heavy atom. The third-order valence-electron chi connectivity index (χ3n) is 3.34. The highest BCUT2D eigenvalue weighted by Gasteiger charge is 2.19. The number of rotatable bonds is 4. The van der Waals surface area contributed by atoms with E-state index < -0.39 is 0 Å². The number of carbonyl (C=O) groups excluding carboxylic acids is 1. The largest absolute Gasteiger partial charge is 0.466 e. The second-order valence-electron chi connectivity index (χ2n) is 6.26. The first-order chi connectivity index (χ1) is 10.3. The van der Waals surface area contributed by atoms with Crippen molar-refractivity contribution in [3.8, 4) is 5.69 Å². The zero-order valence-electron chi connectivity index (χ0n) is 13.6. The molecule has 1 aromatic carbocycles. The van der Waals surface area contributed by atoms with Crippen LogP contribution in [0.2, 0.25) is 0 Å². The van der Waals surface area contributed by atoms with Crippen LogP contribution >= 0.6 is 0 Å². The lowest BCUT2D eigenvalue weighted by atomic mass is 9.92. The third-order valence-corrected chi connectivity index (χ3v) is 3.34. The van der Waals surface area contributed by atoms with Gasteiger partial charge in [0.25, 0.3) is 0 Å². The Morgan fingerprint density at radius 1 is 1.27 bits per heavy atom. The molecule has 0 amide bonds. The fourth-order valence-electron chi connectivity index (χ4n) is 2.10. The van der Waals surface area contributed by atoms with Gasteiger partial charge in [0, 0.05) is 11.5 Å². The van der Waals surface area contributed by atoms with E-state index in [2.05, 4.69) is 25.9 Å². The van der Waals surface area contributed by atoms with E-state index in [1.165, 1.54) is 0 Å². The molecule has 0 spiro atoms. The topological polar surface area (TPSA) is 70.1 Å². The van der Waals surface area contributed by atoms with Crippen LogP contribution in [0.3, 0.4) is 0 Å². The molecule has 0 radical (unpaired) electrons. The minimum Gasteiger partial charge on any atom is -0.466 e. The number of hydrogen-bond donors (Lipinski definition) is 1. The molecule has 0 bridgehead atoms. The molecule has 2 aromatic rings. The first-order valence-corrected chi connectivity index (χ1v) is 7.42. The molecule has 1 aromatic heterocycles. The van der Waals surface area contributed by atoms with Crippen molar-refractivity contribution >= 4 is 11.8 Å². The molecule has 5 heteroatoms. The molecule has 118 valence electrons. The summed E-state index contributed by atoms with van der Waals surface area (Å²) >= 11 is 0. The number of esters is 1. The molecule has 0 saturated heterocycles. The normalized spacial score (nSPS) is 11.5. The van der Waals surface area contributed by atoms with E-state index in [0.717, 1.165) is 16.9 Å². The van der Waals surface area contributed by atoms with Crippen molar-refractivity contribution in [2.45, 2.75) is 39.5 Å². The highest BCUT2D eigenvalue weighted by Crippen LogP contribution is 2.24. The molecule has 0 fully saturated rings. The molecule has 0 aliphatic carbocycles. The van der Waals surface area contributed by atoms with Crippen molar-refractivity contribution in [3.05, 3.63) is 41.6 Å². The molecule has 0 atom stereocenters. The number of nitrogen functional groups attached to an aromatic ring is 1. The Balaban J connectivity index is 2.20. The van der Waals surface area contributed by atoms with Crippen LogP contribution in [0, 0.1) is 0 Å². The van der Waals surface area contributed by atoms with Gasteiger partial charge in [-0.05, 0) is 24.6 Å². The quantitative estimate of drug-likeness (QED) is 0.882. The van der Waals surface area contributed by atoms with Crippen molar-refractivity contribution in [1.29, 1.82) is 0 Å². The van der Waals surface area contributed by atoms with Gasteiger partial charge in [-0.3, -0.25) is 4.79 Å². The van der Waals surface area contributed by atoms with Crippen LogP contribution in [0.1, 0.15) is 39.0 Å². The van der Waals surface area contributed by atoms with Crippen molar-refractivity contribution in [2.75, 3.05) is 12.3 Å². The van der Waals surface area contributed by atoms with Crippen LogP contribution in [0.5, 0.6) is 0 Å². The molecule has 2 N–H and O–H groups in total. The number of nitrogens with two attached hydrogens (primary N) is 1. The van der Waals surface area contributed by atoms with E-state index in [-0.39, 0.29) is 17.8 Å². The van der Waals surface area contributed by atoms with Gasteiger partial charge in [-0.15, -0.1) is 0 Å². The van der Waals surface area contributed by atoms with Crippen molar-refractivity contribution in [3.63, 3.8) is 0 Å². The Hall–Kier alpha value is -2.30. The molecule has 0 aliphatic rings. The van der Waals surface area contributed by atoms with Crippen LogP contribution in [0.25, 0.3) is 5.69 Å². The summed E-state index contributed by atoms with van der Waals surface area (Å²) in [5.41, 5.74) is 8.73. The van der Waals surface area contributed by atoms with Crippen LogP contribution in [-0.4, -0.2) is 22.4 Å². The van der Waals surface area contributed by atoms with E-state index in [1.54, 1.807) is 11.6 Å². The monoisotopic (exact) mass is 301 g/mol. The fraction of sp³-hybridized carbons (Fsp3) is 0.412. The second kappa shape index (κ2) is 6.22. The summed E-state index contributed by atoms with van der Waals surface area (Å²) in [5.74, 6) is 0.381. The van der Waals surface area contributed by atoms with Crippen molar-refractivity contribution < 1.29 is 9.53 Å². The molecule has 0 unspecified atom stereocenters. The van der Waals surface area contributed by atoms with Gasteiger partial charge in [-0.2, -0.15) is 5.10 Å². The number of aromatic nitrogens is 2. The highest BCUT2D eigenvalue weighted by atomic mass is 16.5. The van der Waals surface area contributed by atoms with E-state index in [9.17, 15) is 4.79 Å². The molecular weight excluding hydrogens is 278 g/mol. The Bertz CT molecular complexity index is 652. The second-order valence-corrected chi connectivity index (χ2v) is 6.26. The minimum absolute atomic E-state index is 0.0524. The van der Waals surface area contributed by atoms with Crippen LogP contribution in [-0.2, 0) is 21.4 Å². The zero-order chi connectivity index (χ0) is 16.3. The van der Waals surface area contributed by atoms with Crippen molar-refractivity contribution in [2.24, 2.45) is 0 Å². The van der Waals surface area contributed by atoms with Gasteiger partial charge in [0.1, 0.15) is 5.82 Å². The number of benzene rings is 1. The maximum Gasteiger partial charge on any atom is 0.310 e. The molecule has 0 saturated carbocycles. The number of carbonyl (C=O) groups is 1. The lowest BCUT2D eigenvalue weighted by Gasteiger charge is -2.14. The fourth-order valence-corrected chi connectivity index (χ4v) is 2.10. The first kappa shape index (κ1) is 16.1. The first-order valence-electron chi connectivity index (χ1n) is 7.42. The van der Waals surface area contributed by atoms with E-state index in [0.29, 0.717) is 12.4 Å². The molecule has 2 rings (SSSR count). The molecule has 5 nitrogen and oxygen atoms in total. The summed E-state index contributed by atoms with van der Waals surface area (Å²) in [6, 6.07) is 9.50. The highest BCUT2D eigenvalue weighted by molar-refractivity contribution is 5.72. The van der Waals surface area contributed by atoms with Crippen LogP contribution in [0.4, 0.5) is 5.82 Å². The Labute approximate surface area is 131 Å². The minimum atomic E-state index is -0.219. The van der Waals surface area contributed by atoms with Gasteiger partial charge < -0.3 is 10.5 Å². The van der Waals surface area contributed by atoms with Gasteiger partial charge in [0.15, 0.2) is 0 Å². The Kier molecular flexibility index (Phi) is 4.54. The number of hydrogen-bond acceptors (Lipinski definition) is 4. The molecule has 0 aliphatic heterocycles. The van der Waals surface area contributed by atoms with Gasteiger partial charge in [-0.1, -0.05) is 32.9 Å². The molecule has 22 heavy (non-hydrogen) atoms. The standard InChI is InChI=1S/C17H23N3O2/c1-5-22-16(21)10-12-6-8-13(9-7-12)20-15(18)11-14(19-20)17(2,3)4/h6-9,11H,5,10,18H2,1-4H3. The zero-order valence-corrected chi connectivity index (χ0v) is 13.6. The summed E-state index contributed by atoms with van der Waals surface area (Å²) < 4.78 is 6.66. The smallest absolute Gasteiger partial charge is 0.310 e. The maximum absolute atomic E-state index is 11.5. The van der Waals surface area contributed by atoms with Gasteiger partial charge in [0.05, 0.1) is 24.4 Å². The maximum atomic E-state index is 11.5. The third kappa shape index (κ3) is 3.67. The lowest BCUT2D eigenvalue weighted by molar-refractivity contribution is -0.142. The van der Waals surface area contributed by atoms with E-state index >= 15 is 0 Å². The number of ether oxygens (including phenoxy) is 1. The van der Waals surface area contributed by atoms with Gasteiger partial charge in [-0.25, -0.2) is 4.68 Å². The van der Waals surface area contributed by atoms with Gasteiger partial charge >= 0.3 is 5.97 Å². The summed E-state index contributed by atoms with van der Waals surface area (Å²) in [4.78, 5) is 11.5. The van der Waals surface area contributed by atoms with E-state index in [4.69, 9.17) is 10.5 Å². The average Bonchev–Trinajstić information content (AvgIpc) is 2.82. The number of anilines is 1. The van der Waals surface area contributed by atoms with Crippen LogP contribution < -0.4 is 5.73 Å². The van der Waals surface area contributed by atoms with Crippen molar-refractivity contribution in [1.82, 2.24) is 9.78 Å². The van der Waals surface area contributed by atoms with E-state index in [1.807, 2.05) is 30.3 Å². The summed E-state index contributed by atoms with van der Waals surface area (Å²) in [6.07, 6.45) is 0.274. The lowest BCUT2D eigenvalue weighted by Crippen LogP contribution is -2.12. The average molecular weight is 301 g/mol. The SMILES string of the molecule is CCOC(=O)Cc1ccc(-n2nc(C(C)(C)C)cc2N)cc1. The van der Waals surface area contributed by atoms with Gasteiger partial charge in [0.2, 0.25) is 0 Å². The summed E-state index contributed by atoms with van der Waals surface area (Å²) in [5, 5.41) is 4.57. The predicted molar refractivity (Wildman–Crippen MR) is 87.0 cm³/mol.